The Balaban J connectivity index is 1.69. The third-order valence-corrected chi connectivity index (χ3v) is 3.09. The average molecular weight is 237 g/mol. The van der Waals surface area contributed by atoms with E-state index in [4.69, 9.17) is 9.15 Å². The van der Waals surface area contributed by atoms with Crippen LogP contribution in [0.3, 0.4) is 0 Å². The van der Waals surface area contributed by atoms with Gasteiger partial charge in [0.05, 0.1) is 18.4 Å². The molecule has 2 rings (SSSR count). The van der Waals surface area contributed by atoms with Crippen molar-refractivity contribution in [3.8, 4) is 0 Å². The van der Waals surface area contributed by atoms with Crippen LogP contribution in [0.1, 0.15) is 31.9 Å². The summed E-state index contributed by atoms with van der Waals surface area (Å²) < 4.78 is 10.7. The van der Waals surface area contributed by atoms with Crippen molar-refractivity contribution in [2.24, 2.45) is 0 Å². The first kappa shape index (κ1) is 12.2. The number of hydrogen-bond acceptors (Lipinski definition) is 3. The first-order valence-corrected chi connectivity index (χ1v) is 6.19. The SMILES string of the molecule is CC(NC(=O)CCc1ccco1)C1CCCO1. The fourth-order valence-electron chi connectivity index (χ4n) is 2.11. The highest BCUT2D eigenvalue weighted by atomic mass is 16.5. The lowest BCUT2D eigenvalue weighted by Crippen LogP contribution is -2.40. The van der Waals surface area contributed by atoms with Gasteiger partial charge in [0.1, 0.15) is 5.76 Å². The minimum absolute atomic E-state index is 0.0596. The molecule has 2 heterocycles. The van der Waals surface area contributed by atoms with Gasteiger partial charge in [-0.05, 0) is 31.9 Å². The van der Waals surface area contributed by atoms with Gasteiger partial charge in [-0.3, -0.25) is 4.79 Å². The van der Waals surface area contributed by atoms with Gasteiger partial charge in [0.2, 0.25) is 5.91 Å². The molecule has 0 aromatic carbocycles. The summed E-state index contributed by atoms with van der Waals surface area (Å²) in [5.41, 5.74) is 0. The number of hydrogen-bond donors (Lipinski definition) is 1. The van der Waals surface area contributed by atoms with Gasteiger partial charge in [0, 0.05) is 19.4 Å². The topological polar surface area (TPSA) is 51.5 Å². The van der Waals surface area contributed by atoms with Crippen LogP contribution in [0.2, 0.25) is 0 Å². The molecule has 1 saturated heterocycles. The second-order valence-corrected chi connectivity index (χ2v) is 4.49. The van der Waals surface area contributed by atoms with Crippen LogP contribution in [0, 0.1) is 0 Å². The maximum absolute atomic E-state index is 11.7. The minimum atomic E-state index is 0.0596. The summed E-state index contributed by atoms with van der Waals surface area (Å²) in [4.78, 5) is 11.7. The number of carbonyl (C=O) groups excluding carboxylic acids is 1. The number of amides is 1. The molecule has 0 radical (unpaired) electrons. The Labute approximate surface area is 101 Å². The third-order valence-electron chi connectivity index (χ3n) is 3.09. The number of ether oxygens (including phenoxy) is 1. The molecule has 0 aliphatic carbocycles. The second kappa shape index (κ2) is 5.87. The lowest BCUT2D eigenvalue weighted by molar-refractivity contribution is -0.122. The zero-order valence-electron chi connectivity index (χ0n) is 10.1. The Morgan fingerprint density at radius 2 is 2.53 bits per heavy atom. The summed E-state index contributed by atoms with van der Waals surface area (Å²) >= 11 is 0. The Morgan fingerprint density at radius 1 is 1.65 bits per heavy atom. The largest absolute Gasteiger partial charge is 0.469 e. The number of carbonyl (C=O) groups is 1. The molecule has 1 aromatic rings. The Morgan fingerprint density at radius 3 is 3.18 bits per heavy atom. The van der Waals surface area contributed by atoms with Gasteiger partial charge in [-0.15, -0.1) is 0 Å². The fourth-order valence-corrected chi connectivity index (χ4v) is 2.11. The van der Waals surface area contributed by atoms with E-state index in [9.17, 15) is 4.79 Å². The first-order chi connectivity index (χ1) is 8.25. The molecule has 2 atom stereocenters. The third kappa shape index (κ3) is 3.60. The molecular formula is C13H19NO3. The molecule has 17 heavy (non-hydrogen) atoms. The van der Waals surface area contributed by atoms with E-state index < -0.39 is 0 Å². The van der Waals surface area contributed by atoms with Crippen LogP contribution >= 0.6 is 0 Å². The normalized spacial score (nSPS) is 21.4. The monoisotopic (exact) mass is 237 g/mol. The number of furan rings is 1. The van der Waals surface area contributed by atoms with E-state index in [-0.39, 0.29) is 18.1 Å². The van der Waals surface area contributed by atoms with Crippen molar-refractivity contribution in [2.75, 3.05) is 6.61 Å². The Kier molecular flexibility index (Phi) is 4.20. The summed E-state index contributed by atoms with van der Waals surface area (Å²) in [6.45, 7) is 2.82. The summed E-state index contributed by atoms with van der Waals surface area (Å²) in [6.07, 6.45) is 5.06. The van der Waals surface area contributed by atoms with Crippen LogP contribution in [-0.2, 0) is 16.0 Å². The smallest absolute Gasteiger partial charge is 0.220 e. The molecule has 4 nitrogen and oxygen atoms in total. The Hall–Kier alpha value is -1.29. The van der Waals surface area contributed by atoms with Crippen molar-refractivity contribution in [1.82, 2.24) is 5.32 Å². The van der Waals surface area contributed by atoms with Crippen LogP contribution < -0.4 is 5.32 Å². The second-order valence-electron chi connectivity index (χ2n) is 4.49. The van der Waals surface area contributed by atoms with Crippen molar-refractivity contribution >= 4 is 5.91 Å². The molecule has 1 fully saturated rings. The van der Waals surface area contributed by atoms with Crippen LogP contribution in [0.25, 0.3) is 0 Å². The molecule has 1 aromatic heterocycles. The summed E-state index contributed by atoms with van der Waals surface area (Å²) in [6, 6.07) is 3.82. The highest BCUT2D eigenvalue weighted by Gasteiger charge is 2.23. The molecule has 4 heteroatoms. The molecule has 0 saturated carbocycles. The van der Waals surface area contributed by atoms with Gasteiger partial charge in [0.15, 0.2) is 0 Å². The minimum Gasteiger partial charge on any atom is -0.469 e. The summed E-state index contributed by atoms with van der Waals surface area (Å²) in [7, 11) is 0. The molecule has 94 valence electrons. The molecule has 1 amide bonds. The van der Waals surface area contributed by atoms with Gasteiger partial charge in [-0.2, -0.15) is 0 Å². The highest BCUT2D eigenvalue weighted by Crippen LogP contribution is 2.15. The van der Waals surface area contributed by atoms with Crippen molar-refractivity contribution in [3.05, 3.63) is 24.2 Å². The maximum Gasteiger partial charge on any atom is 0.220 e. The van der Waals surface area contributed by atoms with E-state index in [1.54, 1.807) is 6.26 Å². The van der Waals surface area contributed by atoms with E-state index in [2.05, 4.69) is 5.32 Å². The van der Waals surface area contributed by atoms with E-state index in [0.29, 0.717) is 12.8 Å². The zero-order valence-corrected chi connectivity index (χ0v) is 10.1. The molecule has 1 aliphatic heterocycles. The summed E-state index contributed by atoms with van der Waals surface area (Å²) in [5.74, 6) is 0.911. The lowest BCUT2D eigenvalue weighted by Gasteiger charge is -2.19. The van der Waals surface area contributed by atoms with E-state index in [1.807, 2.05) is 19.1 Å². The molecule has 1 N–H and O–H groups in total. The van der Waals surface area contributed by atoms with Gasteiger partial charge in [-0.25, -0.2) is 0 Å². The van der Waals surface area contributed by atoms with Crippen molar-refractivity contribution in [1.29, 1.82) is 0 Å². The first-order valence-electron chi connectivity index (χ1n) is 6.19. The fraction of sp³-hybridized carbons (Fsp3) is 0.615. The van der Waals surface area contributed by atoms with Crippen LogP contribution in [-0.4, -0.2) is 24.7 Å². The highest BCUT2D eigenvalue weighted by molar-refractivity contribution is 5.76. The standard InChI is InChI=1S/C13H19NO3/c1-10(12-5-3-9-17-12)14-13(15)7-6-11-4-2-8-16-11/h2,4,8,10,12H,3,5-7,9H2,1H3,(H,14,15). The molecule has 0 spiro atoms. The average Bonchev–Trinajstić information content (AvgIpc) is 2.99. The predicted octanol–water partition coefficient (Wildman–Crippen LogP) is 1.90. The Bertz CT molecular complexity index is 342. The van der Waals surface area contributed by atoms with Crippen LogP contribution in [0.15, 0.2) is 22.8 Å². The van der Waals surface area contributed by atoms with Gasteiger partial charge in [0.25, 0.3) is 0 Å². The van der Waals surface area contributed by atoms with Crippen LogP contribution in [0.4, 0.5) is 0 Å². The van der Waals surface area contributed by atoms with E-state index in [1.165, 1.54) is 0 Å². The molecule has 0 bridgehead atoms. The van der Waals surface area contributed by atoms with Crippen LogP contribution in [0.5, 0.6) is 0 Å². The maximum atomic E-state index is 11.7. The molecular weight excluding hydrogens is 218 g/mol. The zero-order chi connectivity index (χ0) is 12.1. The molecule has 1 aliphatic rings. The van der Waals surface area contributed by atoms with Gasteiger partial charge >= 0.3 is 0 Å². The predicted molar refractivity (Wildman–Crippen MR) is 63.6 cm³/mol. The van der Waals surface area contributed by atoms with E-state index in [0.717, 1.165) is 25.2 Å². The number of aryl methyl sites for hydroxylation is 1. The van der Waals surface area contributed by atoms with Gasteiger partial charge < -0.3 is 14.5 Å². The number of nitrogens with one attached hydrogen (secondary N) is 1. The lowest BCUT2D eigenvalue weighted by atomic mass is 10.1. The van der Waals surface area contributed by atoms with Gasteiger partial charge in [-0.1, -0.05) is 0 Å². The van der Waals surface area contributed by atoms with E-state index >= 15 is 0 Å². The quantitative estimate of drug-likeness (QED) is 0.851. The van der Waals surface area contributed by atoms with Crippen molar-refractivity contribution < 1.29 is 13.9 Å². The van der Waals surface area contributed by atoms with Crippen molar-refractivity contribution in [3.63, 3.8) is 0 Å². The molecule has 2 unspecified atom stereocenters. The number of rotatable bonds is 5. The van der Waals surface area contributed by atoms with Crippen molar-refractivity contribution in [2.45, 2.75) is 44.8 Å². The summed E-state index contributed by atoms with van der Waals surface area (Å²) in [5, 5.41) is 2.98.